The van der Waals surface area contributed by atoms with Gasteiger partial charge in [-0.05, 0) is 36.1 Å². The predicted octanol–water partition coefficient (Wildman–Crippen LogP) is 4.96. The molecule has 0 spiro atoms. The summed E-state index contributed by atoms with van der Waals surface area (Å²) in [7, 11) is 0. The summed E-state index contributed by atoms with van der Waals surface area (Å²) in [6, 6.07) is 5.66. The van der Waals surface area contributed by atoms with Crippen molar-refractivity contribution < 1.29 is 9.18 Å². The van der Waals surface area contributed by atoms with Crippen LogP contribution in [0.4, 0.5) is 10.1 Å². The first-order chi connectivity index (χ1) is 12.7. The largest absolute Gasteiger partial charge is 0.378 e. The van der Waals surface area contributed by atoms with E-state index in [9.17, 15) is 9.18 Å². The van der Waals surface area contributed by atoms with Crippen molar-refractivity contribution in [3.8, 4) is 0 Å². The molecule has 2 aromatic rings. The molecule has 0 unspecified atom stereocenters. The van der Waals surface area contributed by atoms with Gasteiger partial charge in [-0.1, -0.05) is 41.5 Å². The fourth-order valence-electron chi connectivity index (χ4n) is 2.82. The number of aliphatic imine (C=N–C) groups is 1. The molecule has 2 heterocycles. The molecule has 1 aromatic heterocycles. The summed E-state index contributed by atoms with van der Waals surface area (Å²) in [6.45, 7) is 5.69. The van der Waals surface area contributed by atoms with Gasteiger partial charge in [0.1, 0.15) is 11.5 Å². The second kappa shape index (κ2) is 7.50. The number of nitrogens with zero attached hydrogens (tertiary/aromatic N) is 2. The number of amidine groups is 1. The van der Waals surface area contributed by atoms with Gasteiger partial charge in [-0.25, -0.2) is 9.37 Å². The summed E-state index contributed by atoms with van der Waals surface area (Å²) in [6.07, 6.45) is 1.75. The summed E-state index contributed by atoms with van der Waals surface area (Å²) in [5, 5.41) is 3.42. The number of halogens is 3. The van der Waals surface area contributed by atoms with Gasteiger partial charge in [0.25, 0.3) is 5.91 Å². The number of amides is 1. The Morgan fingerprint density at radius 2 is 2.15 bits per heavy atom. The Kier molecular flexibility index (Phi) is 5.46. The summed E-state index contributed by atoms with van der Waals surface area (Å²) in [5.41, 5.74) is 5.63. The predicted molar refractivity (Wildman–Crippen MR) is 109 cm³/mol. The van der Waals surface area contributed by atoms with Crippen LogP contribution in [0.2, 0.25) is 10.0 Å². The number of nitrogens with one attached hydrogen (secondary N) is 1. The van der Waals surface area contributed by atoms with E-state index in [2.05, 4.69) is 21.9 Å². The number of hydrogen-bond donors (Lipinski definition) is 2. The van der Waals surface area contributed by atoms with Crippen molar-refractivity contribution in [1.29, 1.82) is 0 Å². The quantitative estimate of drug-likeness (QED) is 0.729. The van der Waals surface area contributed by atoms with Crippen LogP contribution in [-0.4, -0.2) is 16.1 Å². The van der Waals surface area contributed by atoms with Crippen molar-refractivity contribution in [1.82, 2.24) is 4.98 Å². The normalized spacial score (nSPS) is 19.6. The minimum atomic E-state index is -0.909. The third-order valence-electron chi connectivity index (χ3n) is 3.97. The van der Waals surface area contributed by atoms with Crippen LogP contribution >= 0.6 is 35.0 Å². The zero-order valence-corrected chi connectivity index (χ0v) is 16.6. The number of thioether (sulfide) groups is 1. The topological polar surface area (TPSA) is 80.4 Å². The van der Waals surface area contributed by atoms with Crippen molar-refractivity contribution in [2.45, 2.75) is 18.9 Å². The smallest absolute Gasteiger partial charge is 0.275 e. The highest BCUT2D eigenvalue weighted by atomic mass is 35.5. The number of carbonyl (C=O) groups excluding carboxylic acids is 1. The van der Waals surface area contributed by atoms with E-state index in [0.29, 0.717) is 27.9 Å². The summed E-state index contributed by atoms with van der Waals surface area (Å²) in [5.74, 6) is -0.986. The van der Waals surface area contributed by atoms with Crippen LogP contribution in [0.3, 0.4) is 0 Å². The molecule has 0 saturated heterocycles. The number of pyridine rings is 1. The van der Waals surface area contributed by atoms with E-state index in [1.807, 2.05) is 0 Å². The lowest BCUT2D eigenvalue weighted by Crippen LogP contribution is -2.29. The first-order valence-corrected chi connectivity index (χ1v) is 9.38. The molecule has 1 atom stereocenters. The highest BCUT2D eigenvalue weighted by Crippen LogP contribution is 2.41. The number of rotatable bonds is 3. The second-order valence-corrected chi connectivity index (χ2v) is 8.22. The summed E-state index contributed by atoms with van der Waals surface area (Å²) < 4.78 is 14.5. The van der Waals surface area contributed by atoms with Gasteiger partial charge in [0, 0.05) is 23.9 Å². The van der Waals surface area contributed by atoms with Gasteiger partial charge < -0.3 is 11.1 Å². The fourth-order valence-corrected chi connectivity index (χ4v) is 4.18. The molecule has 0 saturated carbocycles. The van der Waals surface area contributed by atoms with Crippen molar-refractivity contribution in [2.75, 3.05) is 5.32 Å². The summed E-state index contributed by atoms with van der Waals surface area (Å²) in [4.78, 5) is 21.6. The van der Waals surface area contributed by atoms with Gasteiger partial charge in [0.15, 0.2) is 5.17 Å². The molecule has 0 fully saturated rings. The average Bonchev–Trinajstić information content (AvgIpc) is 2.55. The molecule has 1 aliphatic rings. The number of aromatic nitrogens is 1. The number of nitrogens with two attached hydrogens (primary N) is 1. The van der Waals surface area contributed by atoms with Gasteiger partial charge in [0.05, 0.1) is 15.6 Å². The van der Waals surface area contributed by atoms with E-state index >= 15 is 0 Å². The van der Waals surface area contributed by atoms with Crippen LogP contribution in [0.25, 0.3) is 0 Å². The molecule has 140 valence electrons. The molecule has 3 N–H and O–H groups in total. The first kappa shape index (κ1) is 19.7. The molecule has 9 heteroatoms. The maximum absolute atomic E-state index is 14.5. The van der Waals surface area contributed by atoms with E-state index in [1.165, 1.54) is 42.2 Å². The Balaban J connectivity index is 1.93. The molecule has 5 nitrogen and oxygen atoms in total. The number of anilines is 1. The van der Waals surface area contributed by atoms with Gasteiger partial charge in [0.2, 0.25) is 0 Å². The Bertz CT molecular complexity index is 982. The summed E-state index contributed by atoms with van der Waals surface area (Å²) >= 11 is 13.1. The standard InChI is InChI=1S/C18H15Cl2FN4OS/c1-9-7-18(2,25-17(22)27-9)12-6-11(3-4-14(12)21)24-16(26)15-13(20)5-10(19)8-23-15/h3-6,8H,1,7H2,2H3,(H2,22,25)(H,24,26)/t18-/m0/s1. The van der Waals surface area contributed by atoms with E-state index in [0.717, 1.165) is 4.91 Å². The maximum atomic E-state index is 14.5. The molecule has 1 amide bonds. The van der Waals surface area contributed by atoms with Crippen molar-refractivity contribution in [2.24, 2.45) is 10.7 Å². The van der Waals surface area contributed by atoms with Crippen LogP contribution in [0, 0.1) is 5.82 Å². The van der Waals surface area contributed by atoms with Crippen molar-refractivity contribution >= 4 is 51.7 Å². The van der Waals surface area contributed by atoms with Crippen LogP contribution in [0.1, 0.15) is 29.4 Å². The van der Waals surface area contributed by atoms with Gasteiger partial charge in [-0.15, -0.1) is 0 Å². The van der Waals surface area contributed by atoms with E-state index in [-0.39, 0.29) is 10.7 Å². The Labute approximate surface area is 169 Å². The van der Waals surface area contributed by atoms with Crippen LogP contribution in [0.5, 0.6) is 0 Å². The molecular formula is C18H15Cl2FN4OS. The average molecular weight is 425 g/mol. The van der Waals surface area contributed by atoms with Gasteiger partial charge in [-0.2, -0.15) is 0 Å². The van der Waals surface area contributed by atoms with Gasteiger partial charge in [-0.3, -0.25) is 9.79 Å². The Morgan fingerprint density at radius 3 is 2.81 bits per heavy atom. The van der Waals surface area contributed by atoms with E-state index in [1.54, 1.807) is 6.92 Å². The highest BCUT2D eigenvalue weighted by molar-refractivity contribution is 8.17. The number of benzene rings is 1. The minimum absolute atomic E-state index is 0.0165. The van der Waals surface area contributed by atoms with E-state index < -0.39 is 17.3 Å². The maximum Gasteiger partial charge on any atom is 0.275 e. The zero-order valence-electron chi connectivity index (χ0n) is 14.2. The third-order valence-corrected chi connectivity index (χ3v) is 5.20. The molecule has 0 bridgehead atoms. The number of hydrogen-bond acceptors (Lipinski definition) is 5. The lowest BCUT2D eigenvalue weighted by Gasteiger charge is -2.31. The lowest BCUT2D eigenvalue weighted by molar-refractivity contribution is 0.102. The van der Waals surface area contributed by atoms with Gasteiger partial charge >= 0.3 is 0 Å². The van der Waals surface area contributed by atoms with Crippen molar-refractivity contribution in [3.05, 3.63) is 69.1 Å². The molecule has 1 aromatic carbocycles. The molecule has 3 rings (SSSR count). The minimum Gasteiger partial charge on any atom is -0.378 e. The third kappa shape index (κ3) is 4.26. The SMILES string of the molecule is C=C1C[C@@](C)(c2cc(NC(=O)c3ncc(Cl)cc3Cl)ccc2F)N=C(N)S1. The molecule has 1 aliphatic heterocycles. The fraction of sp³-hybridized carbons (Fsp3) is 0.167. The Hall–Kier alpha value is -2.09. The highest BCUT2D eigenvalue weighted by Gasteiger charge is 2.34. The molecule has 0 radical (unpaired) electrons. The molecular weight excluding hydrogens is 410 g/mol. The van der Waals surface area contributed by atoms with Crippen LogP contribution < -0.4 is 11.1 Å². The monoisotopic (exact) mass is 424 g/mol. The second-order valence-electron chi connectivity index (χ2n) is 6.17. The Morgan fingerprint density at radius 1 is 1.41 bits per heavy atom. The van der Waals surface area contributed by atoms with Crippen LogP contribution in [-0.2, 0) is 5.54 Å². The molecule has 0 aliphatic carbocycles. The first-order valence-electron chi connectivity index (χ1n) is 7.81. The van der Waals surface area contributed by atoms with Crippen LogP contribution in [0.15, 0.2) is 46.9 Å². The van der Waals surface area contributed by atoms with E-state index in [4.69, 9.17) is 28.9 Å². The number of carbonyl (C=O) groups is 1. The lowest BCUT2D eigenvalue weighted by atomic mass is 9.88. The van der Waals surface area contributed by atoms with Crippen molar-refractivity contribution in [3.63, 3.8) is 0 Å². The molecule has 27 heavy (non-hydrogen) atoms. The zero-order chi connectivity index (χ0) is 19.8.